The molecular formula is C30H52Si. The van der Waals surface area contributed by atoms with Crippen LogP contribution in [-0.4, -0.2) is 8.07 Å². The molecule has 0 amide bonds. The molecule has 0 bridgehead atoms. The second-order valence-electron chi connectivity index (χ2n) is 13.6. The molecule has 2 unspecified atom stereocenters. The molecule has 2 aliphatic rings. The summed E-state index contributed by atoms with van der Waals surface area (Å²) in [6, 6.07) is 0. The highest BCUT2D eigenvalue weighted by atomic mass is 28.3. The van der Waals surface area contributed by atoms with E-state index in [9.17, 15) is 0 Å². The average Bonchev–Trinajstić information content (AvgIpc) is 3.19. The van der Waals surface area contributed by atoms with Gasteiger partial charge in [0.2, 0.25) is 0 Å². The molecule has 0 aliphatic heterocycles. The van der Waals surface area contributed by atoms with Crippen molar-refractivity contribution >= 4 is 8.07 Å². The second kappa shape index (κ2) is 8.84. The van der Waals surface area contributed by atoms with E-state index in [4.69, 9.17) is 0 Å². The summed E-state index contributed by atoms with van der Waals surface area (Å²) in [5.74, 6) is 1.20. The van der Waals surface area contributed by atoms with Gasteiger partial charge in [-0.15, -0.1) is 0 Å². The standard InChI is InChI=1S/C30H52Si/c1-19(2)25-15-23(29(9,10)11)17-27(25)31(21(5)6,22(7)8)28-18-24(30(12,13)14)16-26(28)20(3)4/h15-22,27-28H,1-14H3. The Balaban J connectivity index is 2.83. The SMILES string of the molecule is CC(C)C1=CC(C(C)(C)C)=CC1[Si](C(C)C)(C(C)C)C1C=C(C(C)(C)C)C=C1C(C)C. The highest BCUT2D eigenvalue weighted by Gasteiger charge is 2.55. The van der Waals surface area contributed by atoms with Gasteiger partial charge < -0.3 is 0 Å². The quantitative estimate of drug-likeness (QED) is 0.360. The Morgan fingerprint density at radius 3 is 1.06 bits per heavy atom. The zero-order valence-corrected chi connectivity index (χ0v) is 24.3. The third-order valence-electron chi connectivity index (χ3n) is 8.20. The van der Waals surface area contributed by atoms with Crippen molar-refractivity contribution in [1.82, 2.24) is 0 Å². The Hall–Kier alpha value is -0.823. The van der Waals surface area contributed by atoms with Crippen molar-refractivity contribution in [3.8, 4) is 0 Å². The van der Waals surface area contributed by atoms with Gasteiger partial charge in [0.05, 0.1) is 8.07 Å². The number of rotatable bonds is 6. The normalized spacial score (nSPS) is 23.2. The zero-order valence-electron chi connectivity index (χ0n) is 23.3. The van der Waals surface area contributed by atoms with Crippen LogP contribution in [0.4, 0.5) is 0 Å². The van der Waals surface area contributed by atoms with Gasteiger partial charge in [0.25, 0.3) is 0 Å². The van der Waals surface area contributed by atoms with Crippen LogP contribution in [0.15, 0.2) is 46.6 Å². The van der Waals surface area contributed by atoms with Crippen LogP contribution in [0, 0.1) is 22.7 Å². The van der Waals surface area contributed by atoms with Gasteiger partial charge in [-0.2, -0.15) is 0 Å². The van der Waals surface area contributed by atoms with E-state index in [1.54, 1.807) is 22.3 Å². The molecule has 0 aromatic heterocycles. The third kappa shape index (κ3) is 4.78. The maximum Gasteiger partial charge on any atom is 0.0815 e. The molecule has 0 aromatic rings. The summed E-state index contributed by atoms with van der Waals surface area (Å²) in [5.41, 5.74) is 9.66. The summed E-state index contributed by atoms with van der Waals surface area (Å²) in [5, 5.41) is 0. The first-order valence-corrected chi connectivity index (χ1v) is 15.1. The molecule has 0 nitrogen and oxygen atoms in total. The summed E-state index contributed by atoms with van der Waals surface area (Å²) in [7, 11) is -1.87. The van der Waals surface area contributed by atoms with Gasteiger partial charge in [-0.1, -0.05) is 132 Å². The van der Waals surface area contributed by atoms with E-state index < -0.39 is 8.07 Å². The molecule has 0 saturated carbocycles. The van der Waals surface area contributed by atoms with Crippen LogP contribution < -0.4 is 0 Å². The van der Waals surface area contributed by atoms with E-state index in [0.717, 1.165) is 11.1 Å². The van der Waals surface area contributed by atoms with Crippen LogP contribution in [0.25, 0.3) is 0 Å². The lowest BCUT2D eigenvalue weighted by Gasteiger charge is -2.50. The fraction of sp³-hybridized carbons (Fsp3) is 0.733. The molecule has 2 rings (SSSR count). The van der Waals surface area contributed by atoms with Gasteiger partial charge in [0.15, 0.2) is 0 Å². The van der Waals surface area contributed by atoms with E-state index in [1.165, 1.54) is 0 Å². The Labute approximate surface area is 196 Å². The summed E-state index contributed by atoms with van der Waals surface area (Å²) in [4.78, 5) is 0. The molecular weight excluding hydrogens is 388 g/mol. The minimum atomic E-state index is -1.87. The van der Waals surface area contributed by atoms with E-state index in [1.807, 2.05) is 0 Å². The highest BCUT2D eigenvalue weighted by Crippen LogP contribution is 2.62. The lowest BCUT2D eigenvalue weighted by atomic mass is 9.87. The average molecular weight is 441 g/mol. The molecule has 176 valence electrons. The molecule has 31 heavy (non-hydrogen) atoms. The van der Waals surface area contributed by atoms with Crippen molar-refractivity contribution in [2.45, 2.75) is 119 Å². The van der Waals surface area contributed by atoms with Gasteiger partial charge in [-0.05, 0) is 56.0 Å². The van der Waals surface area contributed by atoms with Crippen LogP contribution in [-0.2, 0) is 0 Å². The molecule has 0 radical (unpaired) electrons. The molecule has 2 atom stereocenters. The number of hydrogen-bond acceptors (Lipinski definition) is 0. The predicted molar refractivity (Wildman–Crippen MR) is 144 cm³/mol. The van der Waals surface area contributed by atoms with E-state index >= 15 is 0 Å². The zero-order chi connectivity index (χ0) is 24.1. The van der Waals surface area contributed by atoms with Gasteiger partial charge in [0.1, 0.15) is 0 Å². The molecule has 0 heterocycles. The van der Waals surface area contributed by atoms with Crippen LogP contribution in [0.2, 0.25) is 22.2 Å². The minimum absolute atomic E-state index is 0.210. The van der Waals surface area contributed by atoms with Gasteiger partial charge >= 0.3 is 0 Å². The van der Waals surface area contributed by atoms with Crippen molar-refractivity contribution in [2.75, 3.05) is 0 Å². The maximum atomic E-state index is 2.74. The van der Waals surface area contributed by atoms with Crippen molar-refractivity contribution in [2.24, 2.45) is 22.7 Å². The van der Waals surface area contributed by atoms with Crippen molar-refractivity contribution in [1.29, 1.82) is 0 Å². The summed E-state index contributed by atoms with van der Waals surface area (Å²) < 4.78 is 0. The van der Waals surface area contributed by atoms with Crippen molar-refractivity contribution in [3.05, 3.63) is 46.6 Å². The Morgan fingerprint density at radius 1 is 0.581 bits per heavy atom. The lowest BCUT2D eigenvalue weighted by Crippen LogP contribution is -2.50. The summed E-state index contributed by atoms with van der Waals surface area (Å²) in [6.45, 7) is 34.2. The van der Waals surface area contributed by atoms with Gasteiger partial charge in [-0.25, -0.2) is 0 Å². The largest absolute Gasteiger partial charge is 0.0815 e. The molecule has 2 aliphatic carbocycles. The van der Waals surface area contributed by atoms with Crippen LogP contribution in [0.5, 0.6) is 0 Å². The molecule has 0 spiro atoms. The first-order chi connectivity index (χ1) is 14.0. The Kier molecular flexibility index (Phi) is 7.54. The van der Waals surface area contributed by atoms with Crippen molar-refractivity contribution < 1.29 is 0 Å². The topological polar surface area (TPSA) is 0 Å². The van der Waals surface area contributed by atoms with E-state index in [0.29, 0.717) is 22.9 Å². The lowest BCUT2D eigenvalue weighted by molar-refractivity contribution is 0.517. The van der Waals surface area contributed by atoms with Crippen LogP contribution >= 0.6 is 0 Å². The third-order valence-corrected chi connectivity index (χ3v) is 15.4. The molecule has 0 saturated heterocycles. The smallest absolute Gasteiger partial charge is 0.0762 e. The first kappa shape index (κ1) is 26.4. The molecule has 0 N–H and O–H groups in total. The maximum absolute atomic E-state index is 2.74. The monoisotopic (exact) mass is 440 g/mol. The van der Waals surface area contributed by atoms with Gasteiger partial charge in [0, 0.05) is 0 Å². The minimum Gasteiger partial charge on any atom is -0.0762 e. The first-order valence-electron chi connectivity index (χ1n) is 12.8. The fourth-order valence-electron chi connectivity index (χ4n) is 6.33. The summed E-state index contributed by atoms with van der Waals surface area (Å²) in [6.07, 6.45) is 10.7. The van der Waals surface area contributed by atoms with E-state index in [-0.39, 0.29) is 10.8 Å². The van der Waals surface area contributed by atoms with Gasteiger partial charge in [-0.3, -0.25) is 0 Å². The summed E-state index contributed by atoms with van der Waals surface area (Å²) >= 11 is 0. The molecule has 1 heteroatoms. The predicted octanol–water partition coefficient (Wildman–Crippen LogP) is 10.1. The second-order valence-corrected chi connectivity index (χ2v) is 19.2. The van der Waals surface area contributed by atoms with Crippen molar-refractivity contribution in [3.63, 3.8) is 0 Å². The van der Waals surface area contributed by atoms with Crippen LogP contribution in [0.3, 0.4) is 0 Å². The Bertz CT molecular complexity index is 713. The number of allylic oxidation sites excluding steroid dienone is 8. The van der Waals surface area contributed by atoms with E-state index in [2.05, 4.69) is 121 Å². The molecule has 0 aromatic carbocycles. The number of hydrogen-bond donors (Lipinski definition) is 0. The fourth-order valence-corrected chi connectivity index (χ4v) is 13.9. The molecule has 0 fully saturated rings. The van der Waals surface area contributed by atoms with Crippen LogP contribution in [0.1, 0.15) is 96.9 Å². The Morgan fingerprint density at radius 2 is 0.871 bits per heavy atom. The highest BCUT2D eigenvalue weighted by molar-refractivity contribution is 6.87.